The van der Waals surface area contributed by atoms with E-state index in [-0.39, 0.29) is 24.1 Å². The normalized spacial score (nSPS) is 10.9. The minimum Gasteiger partial charge on any atom is -0.350 e. The maximum atomic E-state index is 13.8. The van der Waals surface area contributed by atoms with Gasteiger partial charge in [-0.25, -0.2) is 8.78 Å². The Labute approximate surface area is 154 Å². The fraction of sp³-hybridized carbons (Fsp3) is 0.0455. The summed E-state index contributed by atoms with van der Waals surface area (Å²) in [6, 6.07) is 19.9. The van der Waals surface area contributed by atoms with Gasteiger partial charge in [0.15, 0.2) is 0 Å². The molecular formula is C22H16F2N2O. The third kappa shape index (κ3) is 3.31. The Morgan fingerprint density at radius 1 is 0.926 bits per heavy atom. The van der Waals surface area contributed by atoms with E-state index < -0.39 is 0 Å². The van der Waals surface area contributed by atoms with E-state index in [0.717, 1.165) is 5.56 Å². The number of halogens is 2. The van der Waals surface area contributed by atoms with Gasteiger partial charge in [0, 0.05) is 28.6 Å². The van der Waals surface area contributed by atoms with Crippen LogP contribution in [0.2, 0.25) is 0 Å². The minimum atomic E-state index is -0.381. The third-order valence-corrected chi connectivity index (χ3v) is 4.45. The fourth-order valence-corrected chi connectivity index (χ4v) is 3.14. The summed E-state index contributed by atoms with van der Waals surface area (Å²) >= 11 is 0. The van der Waals surface area contributed by atoms with Crippen LogP contribution in [0.25, 0.3) is 22.0 Å². The molecule has 0 fully saturated rings. The number of carbonyl (C=O) groups excluding carboxylic acids is 1. The van der Waals surface area contributed by atoms with E-state index in [4.69, 9.17) is 0 Å². The van der Waals surface area contributed by atoms with Crippen LogP contribution in [0.1, 0.15) is 16.1 Å². The molecule has 0 bridgehead atoms. The van der Waals surface area contributed by atoms with E-state index in [2.05, 4.69) is 10.3 Å². The van der Waals surface area contributed by atoms with Crippen LogP contribution in [0, 0.1) is 11.6 Å². The molecule has 3 nitrogen and oxygen atoms in total. The quantitative estimate of drug-likeness (QED) is 0.525. The number of hydrogen-bond donors (Lipinski definition) is 2. The van der Waals surface area contributed by atoms with Crippen LogP contribution in [-0.4, -0.2) is 10.9 Å². The van der Waals surface area contributed by atoms with Gasteiger partial charge in [-0.15, -0.1) is 0 Å². The van der Waals surface area contributed by atoms with Crippen molar-refractivity contribution in [2.45, 2.75) is 6.54 Å². The molecule has 1 amide bonds. The first-order valence-corrected chi connectivity index (χ1v) is 8.52. The second-order valence-electron chi connectivity index (χ2n) is 6.21. The molecule has 4 rings (SSSR count). The fourth-order valence-electron chi connectivity index (χ4n) is 3.14. The molecule has 4 aromatic rings. The summed E-state index contributed by atoms with van der Waals surface area (Å²) in [7, 11) is 0. The predicted octanol–water partition coefficient (Wildman–Crippen LogP) is 5.04. The summed E-state index contributed by atoms with van der Waals surface area (Å²) in [6.45, 7) is 0.0590. The molecule has 0 saturated carbocycles. The number of amides is 1. The third-order valence-electron chi connectivity index (χ3n) is 4.45. The molecule has 1 aromatic heterocycles. The molecule has 27 heavy (non-hydrogen) atoms. The van der Waals surface area contributed by atoms with Crippen molar-refractivity contribution in [3.05, 3.63) is 95.7 Å². The van der Waals surface area contributed by atoms with E-state index in [1.165, 1.54) is 18.2 Å². The van der Waals surface area contributed by atoms with Gasteiger partial charge in [-0.2, -0.15) is 0 Å². The van der Waals surface area contributed by atoms with Gasteiger partial charge in [-0.3, -0.25) is 4.79 Å². The Morgan fingerprint density at radius 3 is 2.44 bits per heavy atom. The smallest absolute Gasteiger partial charge is 0.268 e. The Hall–Kier alpha value is -3.47. The summed E-state index contributed by atoms with van der Waals surface area (Å²) in [5, 5.41) is 3.36. The molecule has 0 unspecified atom stereocenters. The first-order chi connectivity index (χ1) is 13.1. The molecule has 0 atom stereocenters. The molecule has 0 spiro atoms. The summed E-state index contributed by atoms with van der Waals surface area (Å²) in [4.78, 5) is 15.9. The standard InChI is InChI=1S/C22H16F2N2O/c23-16-10-11-19-17(12-16)20(14-6-2-1-3-7-14)21(26-19)22(27)25-13-15-8-4-5-9-18(15)24/h1-12,26H,13H2,(H,25,27). The van der Waals surface area contributed by atoms with Crippen molar-refractivity contribution in [3.8, 4) is 11.1 Å². The largest absolute Gasteiger partial charge is 0.350 e. The van der Waals surface area contributed by atoms with Gasteiger partial charge in [0.2, 0.25) is 0 Å². The van der Waals surface area contributed by atoms with E-state index in [1.54, 1.807) is 24.3 Å². The van der Waals surface area contributed by atoms with Crippen LogP contribution in [0.5, 0.6) is 0 Å². The number of rotatable bonds is 4. The number of H-pyrrole nitrogens is 1. The van der Waals surface area contributed by atoms with E-state index >= 15 is 0 Å². The van der Waals surface area contributed by atoms with Crippen LogP contribution in [0.3, 0.4) is 0 Å². The first kappa shape index (κ1) is 17.0. The highest BCUT2D eigenvalue weighted by Crippen LogP contribution is 2.33. The van der Waals surface area contributed by atoms with Gasteiger partial charge >= 0.3 is 0 Å². The van der Waals surface area contributed by atoms with Crippen molar-refractivity contribution in [2.24, 2.45) is 0 Å². The molecule has 1 heterocycles. The molecular weight excluding hydrogens is 346 g/mol. The van der Waals surface area contributed by atoms with Crippen molar-refractivity contribution in [1.29, 1.82) is 0 Å². The molecule has 0 radical (unpaired) electrons. The van der Waals surface area contributed by atoms with Gasteiger partial charge in [0.25, 0.3) is 5.91 Å². The minimum absolute atomic E-state index is 0.0590. The molecule has 5 heteroatoms. The highest BCUT2D eigenvalue weighted by atomic mass is 19.1. The van der Waals surface area contributed by atoms with Crippen LogP contribution in [0.4, 0.5) is 8.78 Å². The van der Waals surface area contributed by atoms with Crippen LogP contribution < -0.4 is 5.32 Å². The summed E-state index contributed by atoms with van der Waals surface area (Å²) in [5.41, 5.74) is 2.79. The lowest BCUT2D eigenvalue weighted by atomic mass is 10.0. The maximum absolute atomic E-state index is 13.8. The lowest BCUT2D eigenvalue weighted by molar-refractivity contribution is 0.0947. The molecule has 2 N–H and O–H groups in total. The molecule has 134 valence electrons. The number of aromatic nitrogens is 1. The van der Waals surface area contributed by atoms with E-state index in [0.29, 0.717) is 27.7 Å². The Kier molecular flexibility index (Phi) is 4.42. The first-order valence-electron chi connectivity index (χ1n) is 8.52. The van der Waals surface area contributed by atoms with Gasteiger partial charge in [0.1, 0.15) is 17.3 Å². The van der Waals surface area contributed by atoms with Gasteiger partial charge in [0.05, 0.1) is 0 Å². The van der Waals surface area contributed by atoms with Gasteiger partial charge < -0.3 is 10.3 Å². The summed E-state index contributed by atoms with van der Waals surface area (Å²) in [6.07, 6.45) is 0. The molecule has 0 saturated heterocycles. The van der Waals surface area contributed by atoms with Crippen molar-refractivity contribution in [3.63, 3.8) is 0 Å². The van der Waals surface area contributed by atoms with Crippen LogP contribution >= 0.6 is 0 Å². The number of hydrogen-bond acceptors (Lipinski definition) is 1. The predicted molar refractivity (Wildman–Crippen MR) is 101 cm³/mol. The number of carbonyl (C=O) groups is 1. The average molecular weight is 362 g/mol. The average Bonchev–Trinajstić information content (AvgIpc) is 3.06. The van der Waals surface area contributed by atoms with Crippen molar-refractivity contribution >= 4 is 16.8 Å². The molecule has 0 aliphatic carbocycles. The van der Waals surface area contributed by atoms with Crippen LogP contribution in [0.15, 0.2) is 72.8 Å². The van der Waals surface area contributed by atoms with Gasteiger partial charge in [-0.05, 0) is 29.8 Å². The second kappa shape index (κ2) is 7.03. The lowest BCUT2D eigenvalue weighted by Crippen LogP contribution is -2.24. The Morgan fingerprint density at radius 2 is 1.67 bits per heavy atom. The topological polar surface area (TPSA) is 44.9 Å². The summed E-state index contributed by atoms with van der Waals surface area (Å²) < 4.78 is 27.6. The van der Waals surface area contributed by atoms with Crippen molar-refractivity contribution < 1.29 is 13.6 Å². The van der Waals surface area contributed by atoms with E-state index in [9.17, 15) is 13.6 Å². The Bertz CT molecular complexity index is 1120. The summed E-state index contributed by atoms with van der Waals surface area (Å²) in [5.74, 6) is -1.13. The zero-order chi connectivity index (χ0) is 18.8. The highest BCUT2D eigenvalue weighted by molar-refractivity contribution is 6.09. The number of benzene rings is 3. The van der Waals surface area contributed by atoms with E-state index in [1.807, 2.05) is 30.3 Å². The van der Waals surface area contributed by atoms with Gasteiger partial charge in [-0.1, -0.05) is 48.5 Å². The Balaban J connectivity index is 1.74. The monoisotopic (exact) mass is 362 g/mol. The maximum Gasteiger partial charge on any atom is 0.268 e. The highest BCUT2D eigenvalue weighted by Gasteiger charge is 2.19. The number of aromatic amines is 1. The van der Waals surface area contributed by atoms with Crippen LogP contribution in [-0.2, 0) is 6.54 Å². The number of nitrogens with one attached hydrogen (secondary N) is 2. The lowest BCUT2D eigenvalue weighted by Gasteiger charge is -2.08. The molecule has 0 aliphatic heterocycles. The molecule has 3 aromatic carbocycles. The second-order valence-corrected chi connectivity index (χ2v) is 6.21. The van der Waals surface area contributed by atoms with Crippen molar-refractivity contribution in [2.75, 3.05) is 0 Å². The zero-order valence-corrected chi connectivity index (χ0v) is 14.3. The SMILES string of the molecule is O=C(NCc1ccccc1F)c1[nH]c2ccc(F)cc2c1-c1ccccc1. The number of fused-ring (bicyclic) bond motifs is 1. The zero-order valence-electron chi connectivity index (χ0n) is 14.3. The molecule has 0 aliphatic rings. The van der Waals surface area contributed by atoms with Crippen molar-refractivity contribution in [1.82, 2.24) is 10.3 Å².